The van der Waals surface area contributed by atoms with Crippen molar-refractivity contribution < 1.29 is 5.11 Å². The van der Waals surface area contributed by atoms with E-state index in [9.17, 15) is 5.11 Å². The zero-order valence-electron chi connectivity index (χ0n) is 18.2. The van der Waals surface area contributed by atoms with Crippen LogP contribution in [0.4, 0.5) is 0 Å². The van der Waals surface area contributed by atoms with Gasteiger partial charge in [-0.15, -0.1) is 0 Å². The highest BCUT2D eigenvalue weighted by molar-refractivity contribution is 7.97. The molecule has 0 aliphatic heterocycles. The Balaban J connectivity index is 1.26. The summed E-state index contributed by atoms with van der Waals surface area (Å²) in [6.45, 7) is 2.30. The van der Waals surface area contributed by atoms with Crippen molar-refractivity contribution >= 4 is 22.7 Å². The van der Waals surface area contributed by atoms with Crippen LogP contribution in [-0.2, 0) is 0 Å². The second-order valence-electron chi connectivity index (χ2n) is 7.72. The molecule has 0 bridgehead atoms. The van der Waals surface area contributed by atoms with E-state index in [0.29, 0.717) is 18.5 Å². The third-order valence-corrected chi connectivity index (χ3v) is 6.33. The van der Waals surface area contributed by atoms with Gasteiger partial charge in [0.15, 0.2) is 0 Å². The highest BCUT2D eigenvalue weighted by Gasteiger charge is 2.08. The van der Waals surface area contributed by atoms with Gasteiger partial charge >= 0.3 is 0 Å². The Labute approximate surface area is 198 Å². The van der Waals surface area contributed by atoms with Crippen molar-refractivity contribution in [2.45, 2.75) is 17.4 Å². The number of nitrogens with one attached hydrogen (secondary N) is 2. The quantitative estimate of drug-likeness (QED) is 0.229. The summed E-state index contributed by atoms with van der Waals surface area (Å²) in [6.07, 6.45) is 3.82. The van der Waals surface area contributed by atoms with Crippen LogP contribution in [0.25, 0.3) is 21.9 Å². The smallest absolute Gasteiger partial charge is 0.0991 e. The molecule has 3 aromatic carbocycles. The molecule has 1 aromatic heterocycles. The third-order valence-electron chi connectivity index (χ3n) is 5.43. The van der Waals surface area contributed by atoms with Crippen molar-refractivity contribution in [3.05, 3.63) is 96.3 Å². The summed E-state index contributed by atoms with van der Waals surface area (Å²) in [5, 5.41) is 24.9. The Bertz CT molecular complexity index is 1220. The number of nitrogens with zero attached hydrogens (tertiary/aromatic N) is 2. The van der Waals surface area contributed by atoms with Crippen molar-refractivity contribution in [1.29, 1.82) is 5.26 Å². The van der Waals surface area contributed by atoms with Gasteiger partial charge in [-0.2, -0.15) is 5.26 Å². The molecule has 3 N–H and O–H groups in total. The molecule has 0 amide bonds. The van der Waals surface area contributed by atoms with Crippen LogP contribution >= 0.6 is 11.9 Å². The average Bonchev–Trinajstić information content (AvgIpc) is 2.88. The summed E-state index contributed by atoms with van der Waals surface area (Å²) in [5.41, 5.74) is 3.80. The topological polar surface area (TPSA) is 81.0 Å². The number of aromatic nitrogens is 1. The first kappa shape index (κ1) is 23.0. The molecule has 4 rings (SSSR count). The predicted octanol–water partition coefficient (Wildman–Crippen LogP) is 5.08. The fourth-order valence-electron chi connectivity index (χ4n) is 3.63. The lowest BCUT2D eigenvalue weighted by molar-refractivity contribution is 0.167. The maximum absolute atomic E-state index is 10.3. The fraction of sp³-hybridized carbons (Fsp3) is 0.185. The third kappa shape index (κ3) is 6.19. The number of fused-ring (bicyclic) bond motifs is 1. The Kier molecular flexibility index (Phi) is 8.07. The highest BCUT2D eigenvalue weighted by Crippen LogP contribution is 2.32. The summed E-state index contributed by atoms with van der Waals surface area (Å²) in [4.78, 5) is 5.46. The van der Waals surface area contributed by atoms with Crippen molar-refractivity contribution in [1.82, 2.24) is 15.0 Å². The van der Waals surface area contributed by atoms with E-state index < -0.39 is 6.10 Å². The number of benzene rings is 3. The summed E-state index contributed by atoms with van der Waals surface area (Å²) >= 11 is 1.63. The monoisotopic (exact) mass is 454 g/mol. The molecule has 0 saturated heterocycles. The van der Waals surface area contributed by atoms with Gasteiger partial charge in [-0.3, -0.25) is 9.71 Å². The van der Waals surface area contributed by atoms with E-state index in [4.69, 9.17) is 5.26 Å². The van der Waals surface area contributed by atoms with Crippen LogP contribution in [0.15, 0.2) is 90.1 Å². The first-order chi connectivity index (χ1) is 16.2. The lowest BCUT2D eigenvalue weighted by Gasteiger charge is -2.13. The van der Waals surface area contributed by atoms with Gasteiger partial charge in [0.2, 0.25) is 0 Å². The number of pyridine rings is 1. The van der Waals surface area contributed by atoms with Crippen LogP contribution in [0.2, 0.25) is 0 Å². The minimum absolute atomic E-state index is 0.534. The second-order valence-corrected chi connectivity index (χ2v) is 8.65. The van der Waals surface area contributed by atoms with Crippen molar-refractivity contribution in [2.75, 3.05) is 19.6 Å². The van der Waals surface area contributed by atoms with Crippen LogP contribution in [0.1, 0.15) is 23.7 Å². The zero-order valence-corrected chi connectivity index (χ0v) is 19.1. The van der Waals surface area contributed by atoms with E-state index in [2.05, 4.69) is 63.6 Å². The molecule has 1 heterocycles. The van der Waals surface area contributed by atoms with Crippen molar-refractivity contribution in [2.24, 2.45) is 0 Å². The molecule has 6 heteroatoms. The molecule has 0 aliphatic carbocycles. The Morgan fingerprint density at radius 2 is 1.76 bits per heavy atom. The van der Waals surface area contributed by atoms with Crippen LogP contribution in [0.3, 0.4) is 0 Å². The molecule has 4 aromatic rings. The molecule has 1 unspecified atom stereocenters. The van der Waals surface area contributed by atoms with Gasteiger partial charge in [-0.05, 0) is 77.3 Å². The summed E-state index contributed by atoms with van der Waals surface area (Å²) < 4.78 is 3.45. The number of hydrogen-bond donors (Lipinski definition) is 3. The van der Waals surface area contributed by atoms with Crippen molar-refractivity contribution in [3.63, 3.8) is 0 Å². The van der Waals surface area contributed by atoms with E-state index in [-0.39, 0.29) is 0 Å². The molecule has 5 nitrogen and oxygen atoms in total. The molecule has 0 fully saturated rings. The number of nitriles is 1. The molecule has 0 aliphatic rings. The Morgan fingerprint density at radius 3 is 2.55 bits per heavy atom. The van der Waals surface area contributed by atoms with E-state index in [1.165, 1.54) is 21.4 Å². The van der Waals surface area contributed by atoms with Gasteiger partial charge in [-0.1, -0.05) is 42.5 Å². The standard InChI is InChI=1S/C27H26N4OS/c28-18-20-6-8-22(9-7-20)26(32)11-13-29-14-15-31-33-27-17-23(21-4-2-1-3-5-21)16-24-19-30-12-10-25(24)27/h1-10,12,16-17,19,26,29,31-32H,11,13-15H2. The first-order valence-corrected chi connectivity index (χ1v) is 11.8. The molecule has 0 saturated carbocycles. The predicted molar refractivity (Wildman–Crippen MR) is 135 cm³/mol. The Hall–Kier alpha value is -3.21. The molecule has 0 spiro atoms. The molecule has 1 atom stereocenters. The van der Waals surface area contributed by atoms with Gasteiger partial charge < -0.3 is 10.4 Å². The lowest BCUT2D eigenvalue weighted by Crippen LogP contribution is -2.25. The largest absolute Gasteiger partial charge is 0.388 e. The van der Waals surface area contributed by atoms with Gasteiger partial charge in [0.05, 0.1) is 17.7 Å². The van der Waals surface area contributed by atoms with Crippen LogP contribution in [0.5, 0.6) is 0 Å². The maximum Gasteiger partial charge on any atom is 0.0991 e. The minimum atomic E-state index is -0.534. The summed E-state index contributed by atoms with van der Waals surface area (Å²) in [7, 11) is 0. The summed E-state index contributed by atoms with van der Waals surface area (Å²) in [5.74, 6) is 0. The molecular formula is C27H26N4OS. The fourth-order valence-corrected chi connectivity index (χ4v) is 4.48. The molecule has 0 radical (unpaired) electrons. The van der Waals surface area contributed by atoms with Gasteiger partial charge in [0.25, 0.3) is 0 Å². The second kappa shape index (κ2) is 11.6. The molecule has 166 valence electrons. The molecule has 33 heavy (non-hydrogen) atoms. The van der Waals surface area contributed by atoms with E-state index >= 15 is 0 Å². The number of aliphatic hydroxyl groups is 1. The number of hydrogen-bond acceptors (Lipinski definition) is 6. The van der Waals surface area contributed by atoms with E-state index in [1.807, 2.05) is 30.6 Å². The van der Waals surface area contributed by atoms with E-state index in [1.54, 1.807) is 24.1 Å². The number of aliphatic hydroxyl groups excluding tert-OH is 1. The first-order valence-electron chi connectivity index (χ1n) is 11.0. The average molecular weight is 455 g/mol. The van der Waals surface area contributed by atoms with Crippen LogP contribution in [0, 0.1) is 11.3 Å². The van der Waals surface area contributed by atoms with E-state index in [0.717, 1.165) is 24.0 Å². The Morgan fingerprint density at radius 1 is 0.939 bits per heavy atom. The van der Waals surface area contributed by atoms with Gasteiger partial charge in [-0.25, -0.2) is 0 Å². The SMILES string of the molecule is N#Cc1ccc(C(O)CCNCCNSc2cc(-c3ccccc3)cc3cnccc23)cc1. The zero-order chi connectivity index (χ0) is 22.9. The normalized spacial score (nSPS) is 11.9. The highest BCUT2D eigenvalue weighted by atomic mass is 32.2. The van der Waals surface area contributed by atoms with Crippen LogP contribution in [-0.4, -0.2) is 29.7 Å². The van der Waals surface area contributed by atoms with Gasteiger partial charge in [0.1, 0.15) is 0 Å². The van der Waals surface area contributed by atoms with Crippen LogP contribution < -0.4 is 10.0 Å². The van der Waals surface area contributed by atoms with Crippen molar-refractivity contribution in [3.8, 4) is 17.2 Å². The number of rotatable bonds is 10. The van der Waals surface area contributed by atoms with Gasteiger partial charge in [0, 0.05) is 35.8 Å². The summed E-state index contributed by atoms with van der Waals surface area (Å²) in [6, 6.07) is 26.0. The lowest BCUT2D eigenvalue weighted by atomic mass is 10.0. The molecular weight excluding hydrogens is 428 g/mol. The maximum atomic E-state index is 10.3. The minimum Gasteiger partial charge on any atom is -0.388 e.